The Hall–Kier alpha value is -0.600. The van der Waals surface area contributed by atoms with Crippen molar-refractivity contribution in [3.8, 4) is 0 Å². The van der Waals surface area contributed by atoms with E-state index in [2.05, 4.69) is 26.0 Å². The normalized spacial score (nSPS) is 15.4. The van der Waals surface area contributed by atoms with Gasteiger partial charge in [-0.25, -0.2) is 0 Å². The lowest BCUT2D eigenvalue weighted by atomic mass is 10.1. The molecule has 0 radical (unpaired) electrons. The fourth-order valence-electron chi connectivity index (χ4n) is 1.98. The highest BCUT2D eigenvalue weighted by Crippen LogP contribution is 2.08. The summed E-state index contributed by atoms with van der Waals surface area (Å²) < 4.78 is 0. The van der Waals surface area contributed by atoms with Gasteiger partial charge in [0.2, 0.25) is 0 Å². The molecule has 0 aliphatic heterocycles. The van der Waals surface area contributed by atoms with Gasteiger partial charge in [0.25, 0.3) is 0 Å². The van der Waals surface area contributed by atoms with Crippen LogP contribution < -0.4 is 0 Å². The smallest absolute Gasteiger partial charge is 0.0722 e. The second-order valence-corrected chi connectivity index (χ2v) is 5.22. The molecule has 112 valence electrons. The van der Waals surface area contributed by atoms with Gasteiger partial charge in [-0.1, -0.05) is 57.4 Å². The minimum absolute atomic E-state index is 0.258. The number of aliphatic hydroxyl groups excluding tert-OH is 2. The number of hydrogen-bond donors (Lipinski definition) is 2. The van der Waals surface area contributed by atoms with Crippen molar-refractivity contribution >= 4 is 0 Å². The zero-order chi connectivity index (χ0) is 14.3. The Labute approximate surface area is 119 Å². The summed E-state index contributed by atoms with van der Waals surface area (Å²) >= 11 is 0. The van der Waals surface area contributed by atoms with Crippen LogP contribution in [-0.2, 0) is 0 Å². The molecule has 0 aliphatic carbocycles. The molecule has 0 spiro atoms. The first-order valence-electron chi connectivity index (χ1n) is 7.88. The van der Waals surface area contributed by atoms with Crippen molar-refractivity contribution in [3.63, 3.8) is 0 Å². The second kappa shape index (κ2) is 13.8. The average molecular weight is 268 g/mol. The molecule has 2 unspecified atom stereocenters. The minimum atomic E-state index is -0.417. The van der Waals surface area contributed by atoms with Crippen LogP contribution in [0.4, 0.5) is 0 Å². The Balaban J connectivity index is 3.53. The van der Waals surface area contributed by atoms with E-state index in [4.69, 9.17) is 0 Å². The van der Waals surface area contributed by atoms with E-state index >= 15 is 0 Å². The van der Waals surface area contributed by atoms with Gasteiger partial charge in [0.15, 0.2) is 0 Å². The van der Waals surface area contributed by atoms with Gasteiger partial charge in [-0.15, -0.1) is 0 Å². The second-order valence-electron chi connectivity index (χ2n) is 5.22. The van der Waals surface area contributed by atoms with Crippen LogP contribution in [0.2, 0.25) is 0 Å². The first-order valence-corrected chi connectivity index (χ1v) is 7.88. The van der Waals surface area contributed by atoms with Gasteiger partial charge in [-0.05, 0) is 38.5 Å². The van der Waals surface area contributed by atoms with Crippen molar-refractivity contribution in [2.24, 2.45) is 0 Å². The van der Waals surface area contributed by atoms with Crippen molar-refractivity contribution in [1.29, 1.82) is 0 Å². The highest BCUT2D eigenvalue weighted by atomic mass is 16.3. The zero-order valence-electron chi connectivity index (χ0n) is 12.7. The third kappa shape index (κ3) is 13.6. The average Bonchev–Trinajstić information content (AvgIpc) is 2.40. The summed E-state index contributed by atoms with van der Waals surface area (Å²) in [7, 11) is 0. The summed E-state index contributed by atoms with van der Waals surface area (Å²) in [6.07, 6.45) is 16.6. The molecule has 0 amide bonds. The molecule has 2 N–H and O–H groups in total. The van der Waals surface area contributed by atoms with E-state index in [0.29, 0.717) is 12.8 Å². The largest absolute Gasteiger partial charge is 0.393 e. The molecule has 2 atom stereocenters. The quantitative estimate of drug-likeness (QED) is 0.407. The van der Waals surface area contributed by atoms with E-state index in [1.54, 1.807) is 0 Å². The van der Waals surface area contributed by atoms with Crippen LogP contribution in [0.15, 0.2) is 24.3 Å². The highest BCUT2D eigenvalue weighted by Gasteiger charge is 2.05. The number of allylic oxidation sites excluding steroid dienone is 3. The van der Waals surface area contributed by atoms with Crippen LogP contribution in [0.1, 0.15) is 71.6 Å². The third-order valence-corrected chi connectivity index (χ3v) is 3.19. The first-order chi connectivity index (χ1) is 9.20. The molecule has 2 nitrogen and oxygen atoms in total. The molecular formula is C17H32O2. The van der Waals surface area contributed by atoms with Crippen molar-refractivity contribution in [2.45, 2.75) is 83.8 Å². The minimum Gasteiger partial charge on any atom is -0.393 e. The monoisotopic (exact) mass is 268 g/mol. The molecule has 0 saturated heterocycles. The van der Waals surface area contributed by atoms with Gasteiger partial charge in [0, 0.05) is 0 Å². The summed E-state index contributed by atoms with van der Waals surface area (Å²) in [5, 5.41) is 19.3. The maximum atomic E-state index is 9.72. The van der Waals surface area contributed by atoms with Crippen molar-refractivity contribution in [3.05, 3.63) is 24.3 Å². The molecule has 0 aliphatic rings. The summed E-state index contributed by atoms with van der Waals surface area (Å²) in [5.74, 6) is 0. The van der Waals surface area contributed by atoms with Crippen LogP contribution in [-0.4, -0.2) is 22.4 Å². The van der Waals surface area contributed by atoms with E-state index in [0.717, 1.165) is 25.7 Å². The van der Waals surface area contributed by atoms with Gasteiger partial charge in [0.1, 0.15) is 0 Å². The molecule has 0 fully saturated rings. The van der Waals surface area contributed by atoms with Crippen LogP contribution in [0.3, 0.4) is 0 Å². The first kappa shape index (κ1) is 18.4. The Bertz CT molecular complexity index is 233. The Morgan fingerprint density at radius 2 is 1.63 bits per heavy atom. The maximum absolute atomic E-state index is 9.72. The van der Waals surface area contributed by atoms with Gasteiger partial charge < -0.3 is 10.2 Å². The van der Waals surface area contributed by atoms with Gasteiger partial charge in [-0.3, -0.25) is 0 Å². The van der Waals surface area contributed by atoms with Crippen molar-refractivity contribution < 1.29 is 10.2 Å². The lowest BCUT2D eigenvalue weighted by molar-refractivity contribution is 0.125. The van der Waals surface area contributed by atoms with E-state index in [9.17, 15) is 10.2 Å². The van der Waals surface area contributed by atoms with Crippen LogP contribution in [0.5, 0.6) is 0 Å². The lowest BCUT2D eigenvalue weighted by Gasteiger charge is -2.10. The Morgan fingerprint density at radius 1 is 0.842 bits per heavy atom. The number of hydrogen-bond acceptors (Lipinski definition) is 2. The summed E-state index contributed by atoms with van der Waals surface area (Å²) in [6.45, 7) is 4.28. The molecule has 0 heterocycles. The topological polar surface area (TPSA) is 40.5 Å². The van der Waals surface area contributed by atoms with Crippen molar-refractivity contribution in [1.82, 2.24) is 0 Å². The Kier molecular flexibility index (Phi) is 13.4. The molecule has 0 aromatic heterocycles. The fraction of sp³-hybridized carbons (Fsp3) is 0.765. The summed E-state index contributed by atoms with van der Waals surface area (Å²) in [5.41, 5.74) is 0. The Morgan fingerprint density at radius 3 is 2.32 bits per heavy atom. The highest BCUT2D eigenvalue weighted by molar-refractivity contribution is 4.95. The lowest BCUT2D eigenvalue weighted by Crippen LogP contribution is -2.11. The van der Waals surface area contributed by atoms with Gasteiger partial charge in [0.05, 0.1) is 12.2 Å². The summed E-state index contributed by atoms with van der Waals surface area (Å²) in [4.78, 5) is 0. The summed E-state index contributed by atoms with van der Waals surface area (Å²) in [6, 6.07) is 0. The van der Waals surface area contributed by atoms with Crippen LogP contribution in [0.25, 0.3) is 0 Å². The molecule has 0 bridgehead atoms. The molecule has 0 aromatic rings. The SMILES string of the molecule is CCCCCC=CCC=CC(O)CCC(O)CCC. The van der Waals surface area contributed by atoms with Gasteiger partial charge in [-0.2, -0.15) is 0 Å². The number of aliphatic hydroxyl groups is 2. The third-order valence-electron chi connectivity index (χ3n) is 3.19. The number of rotatable bonds is 12. The molecule has 0 rings (SSSR count). The molecule has 2 heteroatoms. The fourth-order valence-corrected chi connectivity index (χ4v) is 1.98. The standard InChI is InChI=1S/C17H32O2/c1-3-5-6-7-8-9-10-11-13-17(19)15-14-16(18)12-4-2/h8-9,11,13,16-19H,3-7,10,12,14-15H2,1-2H3. The van der Waals surface area contributed by atoms with Crippen LogP contribution in [0, 0.1) is 0 Å². The molecular weight excluding hydrogens is 236 g/mol. The molecule has 0 aromatic carbocycles. The molecule has 0 saturated carbocycles. The number of unbranched alkanes of at least 4 members (excludes halogenated alkanes) is 3. The van der Waals surface area contributed by atoms with Crippen LogP contribution >= 0.6 is 0 Å². The van der Waals surface area contributed by atoms with E-state index < -0.39 is 6.10 Å². The predicted molar refractivity (Wildman–Crippen MR) is 83.2 cm³/mol. The van der Waals surface area contributed by atoms with Gasteiger partial charge >= 0.3 is 0 Å². The van der Waals surface area contributed by atoms with E-state index in [1.807, 2.05) is 12.2 Å². The van der Waals surface area contributed by atoms with E-state index in [-0.39, 0.29) is 6.10 Å². The maximum Gasteiger partial charge on any atom is 0.0722 e. The predicted octanol–water partition coefficient (Wildman–Crippen LogP) is 4.37. The zero-order valence-corrected chi connectivity index (χ0v) is 12.7. The van der Waals surface area contributed by atoms with Crippen molar-refractivity contribution in [2.75, 3.05) is 0 Å². The molecule has 19 heavy (non-hydrogen) atoms. The van der Waals surface area contributed by atoms with E-state index in [1.165, 1.54) is 19.3 Å².